The maximum atomic E-state index is 12.3. The third kappa shape index (κ3) is 3.60. The summed E-state index contributed by atoms with van der Waals surface area (Å²) in [5.41, 5.74) is 1.33. The van der Waals surface area contributed by atoms with E-state index in [0.29, 0.717) is 22.3 Å². The average molecular weight is 349 g/mol. The van der Waals surface area contributed by atoms with E-state index >= 15 is 0 Å². The van der Waals surface area contributed by atoms with Crippen LogP contribution in [0.1, 0.15) is 10.4 Å². The molecule has 3 rings (SSSR count). The molecule has 0 aliphatic heterocycles. The lowest BCUT2D eigenvalue weighted by atomic mass is 10.0. The molecule has 4 nitrogen and oxygen atoms in total. The van der Waals surface area contributed by atoms with Gasteiger partial charge in [0, 0.05) is 18.0 Å². The summed E-state index contributed by atoms with van der Waals surface area (Å²) < 4.78 is 47.5. The quantitative estimate of drug-likeness (QED) is 0.759. The third-order valence-electron chi connectivity index (χ3n) is 3.55. The van der Waals surface area contributed by atoms with Gasteiger partial charge in [-0.05, 0) is 18.2 Å². The van der Waals surface area contributed by atoms with Gasteiger partial charge in [0.05, 0.1) is 5.56 Å². The number of hydrogen-bond donors (Lipinski definition) is 1. The third-order valence-corrected chi connectivity index (χ3v) is 3.55. The molecule has 1 N–H and O–H groups in total. The van der Waals surface area contributed by atoms with Gasteiger partial charge in [-0.25, -0.2) is 0 Å². The Kier molecular flexibility index (Phi) is 4.39. The summed E-state index contributed by atoms with van der Waals surface area (Å²) >= 11 is 0. The summed E-state index contributed by atoms with van der Waals surface area (Å²) in [5.74, 6) is -0.0381. The zero-order valence-corrected chi connectivity index (χ0v) is 13.2. The lowest BCUT2D eigenvalue weighted by Gasteiger charge is -2.09. The molecule has 130 valence electrons. The fourth-order valence-electron chi connectivity index (χ4n) is 2.47. The van der Waals surface area contributed by atoms with E-state index in [-0.39, 0.29) is 11.3 Å². The van der Waals surface area contributed by atoms with Crippen molar-refractivity contribution >= 4 is 16.9 Å². The zero-order valence-electron chi connectivity index (χ0n) is 13.2. The molecule has 0 spiro atoms. The molecular weight excluding hydrogens is 335 g/mol. The van der Waals surface area contributed by atoms with Gasteiger partial charge in [-0.1, -0.05) is 30.3 Å². The van der Waals surface area contributed by atoms with E-state index in [0.717, 1.165) is 0 Å². The smallest absolute Gasteiger partial charge is 0.422 e. The molecule has 1 heterocycles. The molecule has 0 saturated heterocycles. The highest BCUT2D eigenvalue weighted by atomic mass is 19.4. The fraction of sp³-hybridized carbons (Fsp3) is 0.167. The predicted molar refractivity (Wildman–Crippen MR) is 86.6 cm³/mol. The van der Waals surface area contributed by atoms with E-state index in [4.69, 9.17) is 9.15 Å². The molecule has 0 radical (unpaired) electrons. The van der Waals surface area contributed by atoms with Gasteiger partial charge in [-0.15, -0.1) is 0 Å². The Morgan fingerprint density at radius 1 is 1.16 bits per heavy atom. The van der Waals surface area contributed by atoms with E-state index < -0.39 is 18.7 Å². The molecule has 1 aromatic heterocycles. The molecule has 0 aliphatic rings. The van der Waals surface area contributed by atoms with Crippen LogP contribution in [0.25, 0.3) is 22.3 Å². The van der Waals surface area contributed by atoms with Gasteiger partial charge in [0.1, 0.15) is 17.1 Å². The number of nitrogens with one attached hydrogen (secondary N) is 1. The van der Waals surface area contributed by atoms with Crippen molar-refractivity contribution in [3.05, 3.63) is 54.1 Å². The second kappa shape index (κ2) is 6.51. The van der Waals surface area contributed by atoms with Gasteiger partial charge in [0.2, 0.25) is 0 Å². The molecule has 0 bridgehead atoms. The Morgan fingerprint density at radius 2 is 1.88 bits per heavy atom. The largest absolute Gasteiger partial charge is 0.484 e. The Hall–Kier alpha value is -2.96. The molecule has 25 heavy (non-hydrogen) atoms. The molecule has 3 aromatic rings. The number of amides is 1. The van der Waals surface area contributed by atoms with E-state index in [1.807, 2.05) is 6.07 Å². The summed E-state index contributed by atoms with van der Waals surface area (Å²) in [4.78, 5) is 12.3. The minimum atomic E-state index is -4.44. The van der Waals surface area contributed by atoms with E-state index in [1.54, 1.807) is 24.3 Å². The molecule has 0 atom stereocenters. The minimum Gasteiger partial charge on any atom is -0.484 e. The first-order chi connectivity index (χ1) is 11.9. The van der Waals surface area contributed by atoms with Crippen LogP contribution in [0, 0.1) is 0 Å². The number of benzene rings is 2. The number of carbonyl (C=O) groups excluding carboxylic acids is 1. The van der Waals surface area contributed by atoms with Crippen LogP contribution in [-0.2, 0) is 0 Å². The Morgan fingerprint density at radius 3 is 2.52 bits per heavy atom. The van der Waals surface area contributed by atoms with E-state index in [9.17, 15) is 18.0 Å². The molecule has 7 heteroatoms. The fourth-order valence-corrected chi connectivity index (χ4v) is 2.47. The maximum Gasteiger partial charge on any atom is 0.422 e. The molecule has 0 aliphatic carbocycles. The van der Waals surface area contributed by atoms with Crippen LogP contribution in [0.4, 0.5) is 13.2 Å². The Labute approximate surface area is 141 Å². The first-order valence-electron chi connectivity index (χ1n) is 7.42. The SMILES string of the molecule is CNC(=O)c1c(-c2ccccc2)oc2ccc(OCC(F)(F)F)cc12. The van der Waals surface area contributed by atoms with Gasteiger partial charge in [0.15, 0.2) is 6.61 Å². The molecular formula is C18H14F3NO3. The number of carbonyl (C=O) groups is 1. The zero-order chi connectivity index (χ0) is 18.0. The van der Waals surface area contributed by atoms with Gasteiger partial charge >= 0.3 is 6.18 Å². The van der Waals surface area contributed by atoms with Crippen molar-refractivity contribution in [1.29, 1.82) is 0 Å². The van der Waals surface area contributed by atoms with Crippen molar-refractivity contribution in [2.75, 3.05) is 13.7 Å². The van der Waals surface area contributed by atoms with E-state index in [1.165, 1.54) is 25.2 Å². The number of furan rings is 1. The molecule has 0 unspecified atom stereocenters. The van der Waals surface area contributed by atoms with Gasteiger partial charge in [0.25, 0.3) is 5.91 Å². The average Bonchev–Trinajstić information content (AvgIpc) is 2.98. The number of alkyl halides is 3. The monoisotopic (exact) mass is 349 g/mol. The summed E-state index contributed by atoms with van der Waals surface area (Å²) in [6, 6.07) is 13.2. The lowest BCUT2D eigenvalue weighted by molar-refractivity contribution is -0.153. The standard InChI is InChI=1S/C18H14F3NO3/c1-22-17(23)15-13-9-12(24-10-18(19,20)21)7-8-14(13)25-16(15)11-5-3-2-4-6-11/h2-9H,10H2,1H3,(H,22,23). The first kappa shape index (κ1) is 16.9. The highest BCUT2D eigenvalue weighted by Gasteiger charge is 2.29. The van der Waals surface area contributed by atoms with Crippen molar-refractivity contribution in [1.82, 2.24) is 5.32 Å². The molecule has 1 amide bonds. The van der Waals surface area contributed by atoms with Crippen molar-refractivity contribution < 1.29 is 27.1 Å². The predicted octanol–water partition coefficient (Wildman–Crippen LogP) is 4.40. The van der Waals surface area contributed by atoms with Crippen LogP contribution in [0.3, 0.4) is 0 Å². The minimum absolute atomic E-state index is 0.00962. The normalized spacial score (nSPS) is 11.5. The van der Waals surface area contributed by atoms with Crippen LogP contribution in [0.2, 0.25) is 0 Å². The highest BCUT2D eigenvalue weighted by Crippen LogP contribution is 2.35. The highest BCUT2D eigenvalue weighted by molar-refractivity contribution is 6.11. The van der Waals surface area contributed by atoms with Crippen molar-refractivity contribution in [2.24, 2.45) is 0 Å². The van der Waals surface area contributed by atoms with Crippen molar-refractivity contribution in [3.63, 3.8) is 0 Å². The van der Waals surface area contributed by atoms with Crippen molar-refractivity contribution in [3.8, 4) is 17.1 Å². The van der Waals surface area contributed by atoms with Gasteiger partial charge in [-0.3, -0.25) is 4.79 Å². The summed E-state index contributed by atoms with van der Waals surface area (Å²) in [6.07, 6.45) is -4.44. The number of ether oxygens (including phenoxy) is 1. The van der Waals surface area contributed by atoms with Crippen molar-refractivity contribution in [2.45, 2.75) is 6.18 Å². The number of halogens is 3. The molecule has 0 saturated carbocycles. The van der Waals surface area contributed by atoms with Crippen LogP contribution in [0.15, 0.2) is 52.9 Å². The van der Waals surface area contributed by atoms with Crippen LogP contribution in [-0.4, -0.2) is 25.7 Å². The first-order valence-corrected chi connectivity index (χ1v) is 7.42. The number of hydrogen-bond acceptors (Lipinski definition) is 3. The summed E-state index contributed by atoms with van der Waals surface area (Å²) in [6.45, 7) is -1.41. The number of rotatable bonds is 4. The second-order valence-electron chi connectivity index (χ2n) is 5.31. The molecule has 0 fully saturated rings. The van der Waals surface area contributed by atoms with Gasteiger partial charge in [-0.2, -0.15) is 13.2 Å². The number of fused-ring (bicyclic) bond motifs is 1. The Bertz CT molecular complexity index is 901. The molecule has 2 aromatic carbocycles. The van der Waals surface area contributed by atoms with Gasteiger partial charge < -0.3 is 14.5 Å². The van der Waals surface area contributed by atoms with E-state index in [2.05, 4.69) is 5.32 Å². The van der Waals surface area contributed by atoms with Crippen LogP contribution in [0.5, 0.6) is 5.75 Å². The Balaban J connectivity index is 2.11. The lowest BCUT2D eigenvalue weighted by Crippen LogP contribution is -2.19. The maximum absolute atomic E-state index is 12.3. The second-order valence-corrected chi connectivity index (χ2v) is 5.31. The topological polar surface area (TPSA) is 51.5 Å². The van der Waals surface area contributed by atoms with Crippen LogP contribution >= 0.6 is 0 Å². The summed E-state index contributed by atoms with van der Waals surface area (Å²) in [5, 5.41) is 2.91. The summed E-state index contributed by atoms with van der Waals surface area (Å²) in [7, 11) is 1.47. The van der Waals surface area contributed by atoms with Crippen LogP contribution < -0.4 is 10.1 Å².